The van der Waals surface area contributed by atoms with E-state index in [4.69, 9.17) is 23.1 Å². The third-order valence-corrected chi connectivity index (χ3v) is 4.78. The molecule has 0 spiro atoms. The van der Waals surface area contributed by atoms with Crippen molar-refractivity contribution < 1.29 is 4.39 Å². The fourth-order valence-electron chi connectivity index (χ4n) is 3.08. The van der Waals surface area contributed by atoms with Crippen LogP contribution in [0.15, 0.2) is 47.5 Å². The fraction of sp³-hybridized carbons (Fsp3) is 0.105. The van der Waals surface area contributed by atoms with Crippen LogP contribution in [0.4, 0.5) is 22.0 Å². The van der Waals surface area contributed by atoms with Crippen molar-refractivity contribution in [3.05, 3.63) is 69.7 Å². The molecule has 0 fully saturated rings. The van der Waals surface area contributed by atoms with E-state index in [1.165, 1.54) is 22.9 Å². The number of rotatable bonds is 4. The smallest absolute Gasteiger partial charge is 0.269 e. The molecular weight excluding hydrogens is 411 g/mol. The molecule has 4 rings (SSSR count). The molecular formula is C19H16ClFN8O. The fourth-order valence-corrected chi connectivity index (χ4v) is 3.22. The van der Waals surface area contributed by atoms with Crippen LogP contribution in [-0.4, -0.2) is 24.5 Å². The molecule has 9 nitrogen and oxygen atoms in total. The quantitative estimate of drug-likeness (QED) is 0.452. The van der Waals surface area contributed by atoms with Gasteiger partial charge in [0.05, 0.1) is 23.4 Å². The third-order valence-electron chi connectivity index (χ3n) is 4.41. The first-order chi connectivity index (χ1) is 14.4. The number of fused-ring (bicyclic) bond motifs is 1. The summed E-state index contributed by atoms with van der Waals surface area (Å²) in [6.45, 7) is 1.74. The summed E-state index contributed by atoms with van der Waals surface area (Å²) in [6.07, 6.45) is 3.05. The zero-order chi connectivity index (χ0) is 21.4. The second-order valence-electron chi connectivity index (χ2n) is 6.45. The summed E-state index contributed by atoms with van der Waals surface area (Å²) in [5, 5.41) is 3.01. The van der Waals surface area contributed by atoms with Gasteiger partial charge in [0.2, 0.25) is 5.95 Å². The lowest BCUT2D eigenvalue weighted by Crippen LogP contribution is -2.28. The van der Waals surface area contributed by atoms with Crippen molar-refractivity contribution in [1.82, 2.24) is 24.5 Å². The van der Waals surface area contributed by atoms with Gasteiger partial charge in [0, 0.05) is 6.20 Å². The zero-order valence-corrected chi connectivity index (χ0v) is 16.4. The SMILES string of the molecule is CC(Nc1nc(N)nc(N)c1Cl)c1nc2cccc(F)c2c(=O)n1-c1cccnc1. The van der Waals surface area contributed by atoms with Gasteiger partial charge >= 0.3 is 0 Å². The minimum atomic E-state index is -0.658. The summed E-state index contributed by atoms with van der Waals surface area (Å²) in [6, 6.07) is 7.01. The Morgan fingerprint density at radius 3 is 2.70 bits per heavy atom. The van der Waals surface area contributed by atoms with E-state index >= 15 is 0 Å². The third kappa shape index (κ3) is 3.37. The molecule has 1 aromatic carbocycles. The molecule has 0 saturated carbocycles. The Balaban J connectivity index is 1.93. The lowest BCUT2D eigenvalue weighted by atomic mass is 10.2. The van der Waals surface area contributed by atoms with Crippen molar-refractivity contribution in [3.8, 4) is 5.69 Å². The molecule has 0 aliphatic heterocycles. The van der Waals surface area contributed by atoms with Crippen molar-refractivity contribution in [2.75, 3.05) is 16.8 Å². The average molecular weight is 427 g/mol. The van der Waals surface area contributed by atoms with E-state index in [2.05, 4.69) is 25.3 Å². The van der Waals surface area contributed by atoms with E-state index < -0.39 is 17.4 Å². The Hall–Kier alpha value is -3.79. The molecule has 11 heteroatoms. The highest BCUT2D eigenvalue weighted by molar-refractivity contribution is 6.35. The maximum absolute atomic E-state index is 14.4. The summed E-state index contributed by atoms with van der Waals surface area (Å²) < 4.78 is 15.7. The van der Waals surface area contributed by atoms with Crippen molar-refractivity contribution in [3.63, 3.8) is 0 Å². The number of pyridine rings is 1. The van der Waals surface area contributed by atoms with E-state index in [1.54, 1.807) is 31.3 Å². The van der Waals surface area contributed by atoms with E-state index in [9.17, 15) is 9.18 Å². The molecule has 4 aromatic rings. The second-order valence-corrected chi connectivity index (χ2v) is 6.83. The molecule has 0 bridgehead atoms. The standard InChI is InChI=1S/C19H16ClFN8O/c1-9(25-16-14(20)15(22)27-19(23)28-16)17-26-12-6-2-5-11(21)13(12)18(30)29(17)10-4-3-7-24-8-10/h2-9H,1H3,(H5,22,23,25,27,28). The van der Waals surface area contributed by atoms with Crippen LogP contribution >= 0.6 is 11.6 Å². The molecule has 3 heterocycles. The Morgan fingerprint density at radius 1 is 1.17 bits per heavy atom. The number of halogens is 2. The minimum absolute atomic E-state index is 0.0112. The van der Waals surface area contributed by atoms with Crippen molar-refractivity contribution in [2.24, 2.45) is 0 Å². The van der Waals surface area contributed by atoms with Gasteiger partial charge in [0.1, 0.15) is 27.9 Å². The molecule has 3 aromatic heterocycles. The first kappa shape index (κ1) is 19.5. The number of hydrogen-bond donors (Lipinski definition) is 3. The van der Waals surface area contributed by atoms with Gasteiger partial charge in [-0.25, -0.2) is 9.37 Å². The Kier molecular flexibility index (Phi) is 4.92. The normalized spacial score (nSPS) is 12.1. The number of nitrogens with two attached hydrogens (primary N) is 2. The molecule has 1 atom stereocenters. The van der Waals surface area contributed by atoms with Gasteiger partial charge in [-0.3, -0.25) is 14.3 Å². The van der Waals surface area contributed by atoms with Crippen LogP contribution in [-0.2, 0) is 0 Å². The van der Waals surface area contributed by atoms with E-state index in [0.29, 0.717) is 5.69 Å². The number of benzene rings is 1. The van der Waals surface area contributed by atoms with Gasteiger partial charge in [-0.2, -0.15) is 9.97 Å². The largest absolute Gasteiger partial charge is 0.382 e. The molecule has 1 unspecified atom stereocenters. The topological polar surface area (TPSA) is 138 Å². The molecule has 0 radical (unpaired) electrons. The van der Waals surface area contributed by atoms with Gasteiger partial charge in [-0.1, -0.05) is 17.7 Å². The number of nitrogen functional groups attached to an aromatic ring is 2. The lowest BCUT2D eigenvalue weighted by Gasteiger charge is -2.20. The van der Waals surface area contributed by atoms with Crippen molar-refractivity contribution in [1.29, 1.82) is 0 Å². The molecule has 0 aliphatic carbocycles. The van der Waals surface area contributed by atoms with Crippen molar-refractivity contribution in [2.45, 2.75) is 13.0 Å². The minimum Gasteiger partial charge on any atom is -0.382 e. The number of nitrogens with one attached hydrogen (secondary N) is 1. The van der Waals surface area contributed by atoms with E-state index in [0.717, 1.165) is 0 Å². The average Bonchev–Trinajstić information content (AvgIpc) is 2.72. The monoisotopic (exact) mass is 426 g/mol. The highest BCUT2D eigenvalue weighted by atomic mass is 35.5. The van der Waals surface area contributed by atoms with Crippen LogP contribution in [0, 0.1) is 5.82 Å². The number of aromatic nitrogens is 5. The summed E-state index contributed by atoms with van der Waals surface area (Å²) in [4.78, 5) is 29.7. The van der Waals surface area contributed by atoms with Crippen LogP contribution in [0.25, 0.3) is 16.6 Å². The summed E-state index contributed by atoms with van der Waals surface area (Å²) >= 11 is 6.18. The number of hydrogen-bond acceptors (Lipinski definition) is 8. The first-order valence-corrected chi connectivity index (χ1v) is 9.21. The second kappa shape index (κ2) is 7.56. The molecule has 0 aliphatic rings. The zero-order valence-electron chi connectivity index (χ0n) is 15.7. The number of anilines is 3. The van der Waals surface area contributed by atoms with Crippen molar-refractivity contribution >= 4 is 40.1 Å². The van der Waals surface area contributed by atoms with Gasteiger partial charge in [-0.15, -0.1) is 0 Å². The summed E-state index contributed by atoms with van der Waals surface area (Å²) in [5.41, 5.74) is 11.5. The van der Waals surface area contributed by atoms with Crippen LogP contribution in [0.3, 0.4) is 0 Å². The van der Waals surface area contributed by atoms with Gasteiger partial charge in [-0.05, 0) is 31.2 Å². The molecule has 0 amide bonds. The van der Waals surface area contributed by atoms with Crippen LogP contribution in [0.2, 0.25) is 5.02 Å². The number of nitrogens with zero attached hydrogens (tertiary/aromatic N) is 5. The molecule has 30 heavy (non-hydrogen) atoms. The van der Waals surface area contributed by atoms with Crippen LogP contribution in [0.1, 0.15) is 18.8 Å². The lowest BCUT2D eigenvalue weighted by molar-refractivity contribution is 0.635. The molecule has 152 valence electrons. The van der Waals surface area contributed by atoms with Crippen LogP contribution < -0.4 is 22.3 Å². The van der Waals surface area contributed by atoms with Crippen LogP contribution in [0.5, 0.6) is 0 Å². The molecule has 5 N–H and O–H groups in total. The Bertz CT molecular complexity index is 1310. The maximum atomic E-state index is 14.4. The highest BCUT2D eigenvalue weighted by Crippen LogP contribution is 2.29. The summed E-state index contributed by atoms with van der Waals surface area (Å²) in [5.74, 6) is -0.241. The van der Waals surface area contributed by atoms with E-state index in [1.807, 2.05) is 0 Å². The maximum Gasteiger partial charge on any atom is 0.269 e. The van der Waals surface area contributed by atoms with E-state index in [-0.39, 0.29) is 39.3 Å². The first-order valence-electron chi connectivity index (χ1n) is 8.83. The predicted octanol–water partition coefficient (Wildman–Crippen LogP) is 2.70. The van der Waals surface area contributed by atoms with Gasteiger partial charge in [0.15, 0.2) is 5.82 Å². The predicted molar refractivity (Wildman–Crippen MR) is 113 cm³/mol. The Morgan fingerprint density at radius 2 is 1.97 bits per heavy atom. The highest BCUT2D eigenvalue weighted by Gasteiger charge is 2.21. The molecule has 0 saturated heterocycles. The Labute approximate surface area is 174 Å². The summed E-state index contributed by atoms with van der Waals surface area (Å²) in [7, 11) is 0. The van der Waals surface area contributed by atoms with Gasteiger partial charge < -0.3 is 16.8 Å². The van der Waals surface area contributed by atoms with Gasteiger partial charge in [0.25, 0.3) is 5.56 Å².